The molecule has 1 saturated heterocycles. The van der Waals surface area contributed by atoms with E-state index in [0.717, 1.165) is 19.6 Å². The third-order valence-electron chi connectivity index (χ3n) is 3.13. The van der Waals surface area contributed by atoms with Crippen LogP contribution >= 0.6 is 0 Å². The molecule has 0 aliphatic carbocycles. The first-order valence-corrected chi connectivity index (χ1v) is 6.17. The molecular weight excluding hydrogens is 236 g/mol. The Kier molecular flexibility index (Phi) is 4.57. The first-order chi connectivity index (χ1) is 8.66. The van der Waals surface area contributed by atoms with E-state index in [1.165, 1.54) is 25.0 Å². The van der Waals surface area contributed by atoms with Gasteiger partial charge in [0.1, 0.15) is 18.2 Å². The van der Waals surface area contributed by atoms with Gasteiger partial charge in [-0.3, -0.25) is 4.90 Å². The van der Waals surface area contributed by atoms with Gasteiger partial charge < -0.3 is 14.8 Å². The average Bonchev–Trinajstić information content (AvgIpc) is 2.81. The molecule has 2 N–H and O–H groups in total. The monoisotopic (exact) mass is 253 g/mol. The zero-order valence-electron chi connectivity index (χ0n) is 10.2. The van der Waals surface area contributed by atoms with Crippen molar-refractivity contribution in [2.45, 2.75) is 12.8 Å². The number of benzene rings is 1. The molecule has 0 spiro atoms. The van der Waals surface area contributed by atoms with Gasteiger partial charge in [0.2, 0.25) is 0 Å². The highest BCUT2D eigenvalue weighted by Gasteiger charge is 2.17. The number of rotatable bonds is 5. The molecule has 0 atom stereocenters. The minimum atomic E-state index is -1.79. The highest BCUT2D eigenvalue weighted by molar-refractivity contribution is 6.58. The first kappa shape index (κ1) is 13.3. The summed E-state index contributed by atoms with van der Waals surface area (Å²) in [5.41, 5.74) is -0.137. The molecule has 0 radical (unpaired) electrons. The number of likely N-dealkylation sites (tertiary alicyclic amines) is 1. The SMILES string of the molecule is OB(O)c1ccc(OCCN2CCCC2)cc1F. The van der Waals surface area contributed by atoms with Crippen molar-refractivity contribution in [3.05, 3.63) is 24.0 Å². The van der Waals surface area contributed by atoms with Crippen LogP contribution in [0.1, 0.15) is 12.8 Å². The van der Waals surface area contributed by atoms with Crippen LogP contribution in [0, 0.1) is 5.82 Å². The lowest BCUT2D eigenvalue weighted by atomic mass is 9.80. The highest BCUT2D eigenvalue weighted by Crippen LogP contribution is 2.12. The summed E-state index contributed by atoms with van der Waals surface area (Å²) in [5, 5.41) is 17.8. The molecule has 0 amide bonds. The zero-order valence-corrected chi connectivity index (χ0v) is 10.2. The number of ether oxygens (including phenoxy) is 1. The van der Waals surface area contributed by atoms with Crippen LogP contribution in [0.5, 0.6) is 5.75 Å². The third-order valence-corrected chi connectivity index (χ3v) is 3.13. The molecule has 98 valence electrons. The fraction of sp³-hybridized carbons (Fsp3) is 0.500. The quantitative estimate of drug-likeness (QED) is 0.724. The van der Waals surface area contributed by atoms with Gasteiger partial charge in [0.15, 0.2) is 0 Å². The molecule has 1 aromatic carbocycles. The largest absolute Gasteiger partial charge is 0.492 e. The summed E-state index contributed by atoms with van der Waals surface area (Å²) in [7, 11) is -1.79. The molecule has 1 aliphatic heterocycles. The van der Waals surface area contributed by atoms with E-state index < -0.39 is 12.9 Å². The summed E-state index contributed by atoms with van der Waals surface area (Å²) < 4.78 is 18.9. The van der Waals surface area contributed by atoms with Crippen LogP contribution in [0.3, 0.4) is 0 Å². The normalized spacial score (nSPS) is 15.9. The van der Waals surface area contributed by atoms with Crippen molar-refractivity contribution in [3.8, 4) is 5.75 Å². The van der Waals surface area contributed by atoms with Crippen molar-refractivity contribution in [2.75, 3.05) is 26.2 Å². The Morgan fingerprint density at radius 3 is 2.61 bits per heavy atom. The van der Waals surface area contributed by atoms with Crippen LogP contribution in [0.15, 0.2) is 18.2 Å². The predicted octanol–water partition coefficient (Wildman–Crippen LogP) is -0.0199. The van der Waals surface area contributed by atoms with Gasteiger partial charge in [0, 0.05) is 18.1 Å². The molecule has 0 aromatic heterocycles. The Labute approximate surface area is 106 Å². The number of hydrogen-bond donors (Lipinski definition) is 2. The Morgan fingerprint density at radius 1 is 1.28 bits per heavy atom. The summed E-state index contributed by atoms with van der Waals surface area (Å²) >= 11 is 0. The lowest BCUT2D eigenvalue weighted by Crippen LogP contribution is -2.32. The van der Waals surface area contributed by atoms with E-state index in [9.17, 15) is 4.39 Å². The van der Waals surface area contributed by atoms with Crippen molar-refractivity contribution >= 4 is 12.6 Å². The highest BCUT2D eigenvalue weighted by atomic mass is 19.1. The molecule has 0 unspecified atom stereocenters. The summed E-state index contributed by atoms with van der Waals surface area (Å²) in [6, 6.07) is 4.05. The van der Waals surface area contributed by atoms with Crippen molar-refractivity contribution in [3.63, 3.8) is 0 Å². The standard InChI is InChI=1S/C12H17BFNO3/c14-12-9-10(3-4-11(12)13(16)17)18-8-7-15-5-1-2-6-15/h3-4,9,16-17H,1-2,5-8H2. The molecule has 1 aliphatic rings. The van der Waals surface area contributed by atoms with Crippen molar-refractivity contribution in [1.82, 2.24) is 4.90 Å². The molecule has 6 heteroatoms. The van der Waals surface area contributed by atoms with Gasteiger partial charge in [-0.05, 0) is 32.0 Å². The Bertz CT molecular complexity index is 397. The minimum Gasteiger partial charge on any atom is -0.492 e. The fourth-order valence-corrected chi connectivity index (χ4v) is 2.11. The van der Waals surface area contributed by atoms with E-state index in [1.54, 1.807) is 6.07 Å². The summed E-state index contributed by atoms with van der Waals surface area (Å²) in [5.74, 6) is -0.250. The van der Waals surface area contributed by atoms with Crippen LogP contribution < -0.4 is 10.2 Å². The van der Waals surface area contributed by atoms with Crippen LogP contribution in [0.2, 0.25) is 0 Å². The van der Waals surface area contributed by atoms with Gasteiger partial charge in [0.05, 0.1) is 0 Å². The van der Waals surface area contributed by atoms with Gasteiger partial charge in [-0.2, -0.15) is 0 Å². The molecular formula is C12H17BFNO3. The van der Waals surface area contributed by atoms with Crippen LogP contribution in [0.25, 0.3) is 0 Å². The van der Waals surface area contributed by atoms with Gasteiger partial charge in [-0.25, -0.2) is 4.39 Å². The van der Waals surface area contributed by atoms with Gasteiger partial charge in [0.25, 0.3) is 0 Å². The maximum Gasteiger partial charge on any atom is 0.491 e. The van der Waals surface area contributed by atoms with Crippen molar-refractivity contribution in [2.24, 2.45) is 0 Å². The Hall–Kier alpha value is -1.11. The molecule has 4 nitrogen and oxygen atoms in total. The fourth-order valence-electron chi connectivity index (χ4n) is 2.11. The Morgan fingerprint density at radius 2 is 2.00 bits per heavy atom. The first-order valence-electron chi connectivity index (χ1n) is 6.17. The maximum atomic E-state index is 13.4. The van der Waals surface area contributed by atoms with E-state index in [1.807, 2.05) is 0 Å². The molecule has 1 fully saturated rings. The number of nitrogens with zero attached hydrogens (tertiary/aromatic N) is 1. The smallest absolute Gasteiger partial charge is 0.491 e. The van der Waals surface area contributed by atoms with Crippen molar-refractivity contribution in [1.29, 1.82) is 0 Å². The zero-order chi connectivity index (χ0) is 13.0. The second kappa shape index (κ2) is 6.18. The average molecular weight is 253 g/mol. The summed E-state index contributed by atoms with van der Waals surface area (Å²) in [4.78, 5) is 2.31. The van der Waals surface area contributed by atoms with Gasteiger partial charge in [-0.15, -0.1) is 0 Å². The second-order valence-electron chi connectivity index (χ2n) is 4.45. The van der Waals surface area contributed by atoms with Gasteiger partial charge >= 0.3 is 7.12 Å². The second-order valence-corrected chi connectivity index (χ2v) is 4.45. The molecule has 2 rings (SSSR count). The molecule has 1 aromatic rings. The van der Waals surface area contributed by atoms with Crippen molar-refractivity contribution < 1.29 is 19.2 Å². The topological polar surface area (TPSA) is 52.9 Å². The van der Waals surface area contributed by atoms with Crippen LogP contribution in [-0.4, -0.2) is 48.3 Å². The predicted molar refractivity (Wildman–Crippen MR) is 67.4 cm³/mol. The molecule has 1 heterocycles. The molecule has 18 heavy (non-hydrogen) atoms. The van der Waals surface area contributed by atoms with E-state index in [2.05, 4.69) is 4.90 Å². The maximum absolute atomic E-state index is 13.4. The van der Waals surface area contributed by atoms with E-state index >= 15 is 0 Å². The van der Waals surface area contributed by atoms with Crippen LogP contribution in [0.4, 0.5) is 4.39 Å². The van der Waals surface area contributed by atoms with E-state index in [-0.39, 0.29) is 5.46 Å². The Balaban J connectivity index is 1.84. The lowest BCUT2D eigenvalue weighted by molar-refractivity contribution is 0.237. The lowest BCUT2D eigenvalue weighted by Gasteiger charge is -2.15. The van der Waals surface area contributed by atoms with Gasteiger partial charge in [-0.1, -0.05) is 6.07 Å². The molecule has 0 saturated carbocycles. The minimum absolute atomic E-state index is 0.137. The van der Waals surface area contributed by atoms with E-state index in [0.29, 0.717) is 12.4 Å². The van der Waals surface area contributed by atoms with E-state index in [4.69, 9.17) is 14.8 Å². The third kappa shape index (κ3) is 3.44. The van der Waals surface area contributed by atoms with Crippen LogP contribution in [-0.2, 0) is 0 Å². The summed E-state index contributed by atoms with van der Waals surface area (Å²) in [6.07, 6.45) is 2.47. The summed E-state index contributed by atoms with van der Waals surface area (Å²) in [6.45, 7) is 3.56. The molecule has 0 bridgehead atoms. The number of hydrogen-bond acceptors (Lipinski definition) is 4. The number of halogens is 1.